The second-order valence-corrected chi connectivity index (χ2v) is 11.4. The van der Waals surface area contributed by atoms with Gasteiger partial charge in [0.25, 0.3) is 0 Å². The Morgan fingerprint density at radius 3 is 2.43 bits per heavy atom. The van der Waals surface area contributed by atoms with Crippen LogP contribution in [0, 0.1) is 25.2 Å². The fraction of sp³-hybridized carbons (Fsp3) is 0.609. The molecule has 6 nitrogen and oxygen atoms in total. The molecule has 0 spiro atoms. The molecule has 3 rings (SSSR count). The first-order valence-electron chi connectivity index (χ1n) is 10.4. The molecule has 30 heavy (non-hydrogen) atoms. The number of carbonyl (C=O) groups excluding carboxylic acids is 3. The van der Waals surface area contributed by atoms with E-state index < -0.39 is 33.1 Å². The molecule has 2 unspecified atom stereocenters. The second-order valence-electron chi connectivity index (χ2n) is 9.40. The number of ether oxygens (including phenoxy) is 1. The van der Waals surface area contributed by atoms with Gasteiger partial charge in [-0.1, -0.05) is 13.8 Å². The van der Waals surface area contributed by atoms with Gasteiger partial charge in [0.2, 0.25) is 0 Å². The van der Waals surface area contributed by atoms with Crippen molar-refractivity contribution < 1.29 is 27.5 Å². The third-order valence-electron chi connectivity index (χ3n) is 6.27. The van der Waals surface area contributed by atoms with Crippen molar-refractivity contribution in [3.8, 4) is 0 Å². The highest BCUT2D eigenvalue weighted by atomic mass is 32.2. The number of hydrogen-bond donors (Lipinski definition) is 0. The van der Waals surface area contributed by atoms with E-state index in [9.17, 15) is 22.8 Å². The van der Waals surface area contributed by atoms with E-state index in [0.29, 0.717) is 29.5 Å². The van der Waals surface area contributed by atoms with Crippen LogP contribution in [-0.4, -0.2) is 37.6 Å². The summed E-state index contributed by atoms with van der Waals surface area (Å²) in [6.45, 7) is 10.6. The van der Waals surface area contributed by atoms with E-state index >= 15 is 0 Å². The van der Waals surface area contributed by atoms with E-state index in [0.717, 1.165) is 0 Å². The van der Waals surface area contributed by atoms with Gasteiger partial charge in [-0.05, 0) is 57.7 Å². The topological polar surface area (TPSA) is 94.6 Å². The van der Waals surface area contributed by atoms with Gasteiger partial charge in [-0.15, -0.1) is 0 Å². The molecule has 1 aliphatic carbocycles. The summed E-state index contributed by atoms with van der Waals surface area (Å²) in [6, 6.07) is 1.52. The maximum Gasteiger partial charge on any atom is 0.181 e. The molecular weight excluding hydrogens is 404 g/mol. The van der Waals surface area contributed by atoms with E-state index in [1.54, 1.807) is 27.7 Å². The van der Waals surface area contributed by atoms with Crippen LogP contribution in [0.25, 0.3) is 0 Å². The lowest BCUT2D eigenvalue weighted by Gasteiger charge is -2.33. The van der Waals surface area contributed by atoms with Crippen molar-refractivity contribution >= 4 is 27.2 Å². The van der Waals surface area contributed by atoms with E-state index in [2.05, 4.69) is 0 Å². The van der Waals surface area contributed by atoms with Gasteiger partial charge in [0.05, 0.1) is 22.9 Å². The molecule has 1 aliphatic heterocycles. The van der Waals surface area contributed by atoms with E-state index in [1.165, 1.54) is 6.07 Å². The molecule has 1 aromatic rings. The summed E-state index contributed by atoms with van der Waals surface area (Å²) in [5, 5.41) is 0. The van der Waals surface area contributed by atoms with Crippen molar-refractivity contribution in [2.75, 3.05) is 5.75 Å². The maximum atomic E-state index is 13.4. The maximum absolute atomic E-state index is 13.4. The highest BCUT2D eigenvalue weighted by molar-refractivity contribution is 7.91. The molecular formula is C23H30O6S. The summed E-state index contributed by atoms with van der Waals surface area (Å²) in [7, 11) is -3.50. The number of ketones is 3. The van der Waals surface area contributed by atoms with E-state index in [4.69, 9.17) is 4.74 Å². The molecule has 1 fully saturated rings. The molecule has 0 aromatic heterocycles. The normalized spacial score (nSPS) is 25.3. The zero-order chi connectivity index (χ0) is 22.6. The molecule has 0 N–H and O–H groups in total. The molecule has 1 saturated carbocycles. The van der Waals surface area contributed by atoms with Gasteiger partial charge >= 0.3 is 0 Å². The average Bonchev–Trinajstić information content (AvgIpc) is 2.62. The van der Waals surface area contributed by atoms with Crippen molar-refractivity contribution in [3.63, 3.8) is 0 Å². The van der Waals surface area contributed by atoms with Crippen LogP contribution >= 0.6 is 0 Å². The first-order valence-corrected chi connectivity index (χ1v) is 12.1. The van der Waals surface area contributed by atoms with Crippen molar-refractivity contribution in [1.82, 2.24) is 0 Å². The summed E-state index contributed by atoms with van der Waals surface area (Å²) in [5.74, 6) is -2.59. The van der Waals surface area contributed by atoms with Crippen molar-refractivity contribution in [2.24, 2.45) is 11.3 Å². The van der Waals surface area contributed by atoms with Gasteiger partial charge in [-0.2, -0.15) is 0 Å². The Kier molecular flexibility index (Phi) is 5.84. The molecule has 1 heterocycles. The molecule has 0 bridgehead atoms. The monoisotopic (exact) mass is 434 g/mol. The number of rotatable bonds is 4. The predicted octanol–water partition coefficient (Wildman–Crippen LogP) is 3.70. The first kappa shape index (κ1) is 22.8. The molecule has 0 radical (unpaired) electrons. The van der Waals surface area contributed by atoms with Crippen LogP contribution in [0.4, 0.5) is 0 Å². The summed E-state index contributed by atoms with van der Waals surface area (Å²) >= 11 is 0. The molecule has 0 amide bonds. The smallest absolute Gasteiger partial charge is 0.181 e. The molecule has 2 atom stereocenters. The third-order valence-corrected chi connectivity index (χ3v) is 8.20. The van der Waals surface area contributed by atoms with Crippen LogP contribution < -0.4 is 0 Å². The molecule has 0 saturated heterocycles. The predicted molar refractivity (Wildman–Crippen MR) is 112 cm³/mol. The zero-order valence-electron chi connectivity index (χ0n) is 18.5. The fourth-order valence-corrected chi connectivity index (χ4v) is 6.51. The van der Waals surface area contributed by atoms with Crippen molar-refractivity contribution in [1.29, 1.82) is 0 Å². The number of carbonyl (C=O) groups is 3. The van der Waals surface area contributed by atoms with Gasteiger partial charge in [0.15, 0.2) is 27.2 Å². The Morgan fingerprint density at radius 2 is 1.83 bits per heavy atom. The Morgan fingerprint density at radius 1 is 1.20 bits per heavy atom. The summed E-state index contributed by atoms with van der Waals surface area (Å²) < 4.78 is 31.6. The Hall–Kier alpha value is -1.86. The fourth-order valence-electron chi connectivity index (χ4n) is 4.61. The Labute approximate surface area is 178 Å². The minimum atomic E-state index is -3.50. The standard InChI is InChI=1S/C23H30O6S/c1-12(2)29-17-8-10-30(27,28)21-13(3)11-15(14(4)18(17)21)20(25)19-16(24)7-9-23(5,6)22(19)26/h11-12,17,19H,7-10H2,1-6H3. The molecule has 1 aromatic carbocycles. The molecule has 7 heteroatoms. The Balaban J connectivity index is 2.18. The van der Waals surface area contributed by atoms with Crippen LogP contribution in [0.5, 0.6) is 0 Å². The van der Waals surface area contributed by atoms with Crippen LogP contribution in [0.1, 0.15) is 80.1 Å². The van der Waals surface area contributed by atoms with Crippen LogP contribution in [0.15, 0.2) is 11.0 Å². The SMILES string of the molecule is Cc1cc(C(=O)C2C(=O)CCC(C)(C)C2=O)c(C)c2c1S(=O)(=O)CCC2OC(C)C. The van der Waals surface area contributed by atoms with Crippen molar-refractivity contribution in [2.45, 2.75) is 77.9 Å². The van der Waals surface area contributed by atoms with Gasteiger partial charge in [0.1, 0.15) is 5.92 Å². The van der Waals surface area contributed by atoms with Gasteiger partial charge in [0, 0.05) is 23.0 Å². The summed E-state index contributed by atoms with van der Waals surface area (Å²) in [5.41, 5.74) is 0.931. The third kappa shape index (κ3) is 3.78. The zero-order valence-corrected chi connectivity index (χ0v) is 19.3. The van der Waals surface area contributed by atoms with Crippen LogP contribution in [0.3, 0.4) is 0 Å². The van der Waals surface area contributed by atoms with Gasteiger partial charge in [-0.3, -0.25) is 14.4 Å². The molecule has 2 aliphatic rings. The summed E-state index contributed by atoms with van der Waals surface area (Å²) in [4.78, 5) is 39.1. The van der Waals surface area contributed by atoms with Gasteiger partial charge in [-0.25, -0.2) is 8.42 Å². The number of hydrogen-bond acceptors (Lipinski definition) is 6. The number of aryl methyl sites for hydroxylation is 1. The van der Waals surface area contributed by atoms with Gasteiger partial charge < -0.3 is 4.74 Å². The minimum Gasteiger partial charge on any atom is -0.371 e. The lowest BCUT2D eigenvalue weighted by atomic mass is 9.68. The highest BCUT2D eigenvalue weighted by Gasteiger charge is 2.47. The Bertz CT molecular complexity index is 1030. The second kappa shape index (κ2) is 7.68. The number of fused-ring (bicyclic) bond motifs is 1. The summed E-state index contributed by atoms with van der Waals surface area (Å²) in [6.07, 6.45) is 0.346. The van der Waals surface area contributed by atoms with E-state index in [-0.39, 0.29) is 40.3 Å². The lowest BCUT2D eigenvalue weighted by molar-refractivity contribution is -0.140. The number of benzene rings is 1. The highest BCUT2D eigenvalue weighted by Crippen LogP contribution is 2.42. The number of Topliss-reactive ketones (excluding diaryl/α,β-unsaturated/α-hetero) is 3. The largest absolute Gasteiger partial charge is 0.371 e. The quantitative estimate of drug-likeness (QED) is 0.530. The van der Waals surface area contributed by atoms with E-state index in [1.807, 2.05) is 13.8 Å². The van der Waals surface area contributed by atoms with Crippen LogP contribution in [0.2, 0.25) is 0 Å². The average molecular weight is 435 g/mol. The number of sulfone groups is 1. The first-order chi connectivity index (χ1) is 13.8. The van der Waals surface area contributed by atoms with Crippen molar-refractivity contribution in [3.05, 3.63) is 28.3 Å². The molecule has 164 valence electrons. The van der Waals surface area contributed by atoms with Crippen LogP contribution in [-0.2, 0) is 24.2 Å². The minimum absolute atomic E-state index is 0.0151. The lowest BCUT2D eigenvalue weighted by Crippen LogP contribution is -2.45.